The van der Waals surface area contributed by atoms with Crippen LogP contribution in [0.4, 0.5) is 0 Å². The fraction of sp³-hybridized carbons (Fsp3) is 0.267. The minimum atomic E-state index is -0.977. The van der Waals surface area contributed by atoms with Crippen LogP contribution in [0.3, 0.4) is 0 Å². The van der Waals surface area contributed by atoms with Gasteiger partial charge in [0.15, 0.2) is 6.61 Å². The van der Waals surface area contributed by atoms with Crippen LogP contribution in [0, 0.1) is 0 Å². The van der Waals surface area contributed by atoms with E-state index >= 15 is 0 Å². The van der Waals surface area contributed by atoms with Crippen molar-refractivity contribution in [3.8, 4) is 5.75 Å². The Morgan fingerprint density at radius 3 is 2.81 bits per heavy atom. The van der Waals surface area contributed by atoms with E-state index in [1.54, 1.807) is 24.3 Å². The zero-order valence-electron chi connectivity index (χ0n) is 11.7. The average molecular weight is 288 g/mol. The number of hydrogen-bond acceptors (Lipinski definition) is 5. The summed E-state index contributed by atoms with van der Waals surface area (Å²) in [7, 11) is 0. The summed E-state index contributed by atoms with van der Waals surface area (Å²) in [5.74, 6) is 0.804. The van der Waals surface area contributed by atoms with E-state index in [4.69, 9.17) is 14.4 Å². The molecule has 0 aliphatic rings. The molecule has 0 aliphatic heterocycles. The van der Waals surface area contributed by atoms with E-state index in [-0.39, 0.29) is 6.61 Å². The van der Waals surface area contributed by atoms with Gasteiger partial charge in [0, 0.05) is 12.5 Å². The minimum absolute atomic E-state index is 0.234. The van der Waals surface area contributed by atoms with Crippen molar-refractivity contribution in [2.24, 2.45) is 0 Å². The van der Waals surface area contributed by atoms with Crippen molar-refractivity contribution < 1.29 is 19.2 Å². The second kappa shape index (κ2) is 7.23. The van der Waals surface area contributed by atoms with Crippen LogP contribution in [0.25, 0.3) is 6.08 Å². The Morgan fingerprint density at radius 2 is 2.14 bits per heavy atom. The van der Waals surface area contributed by atoms with Gasteiger partial charge in [0.05, 0.1) is 0 Å². The summed E-state index contributed by atoms with van der Waals surface area (Å²) < 4.78 is 10.6. The largest absolute Gasteiger partial charge is 0.485 e. The Labute approximate surface area is 122 Å². The molecule has 0 atom stereocenters. The molecular formula is C15H16N2O4. The minimum Gasteiger partial charge on any atom is -0.485 e. The SMILES string of the molecule is CCCc1nc(COc2ccc(C=CC(=O)O)cc2)no1. The molecule has 0 amide bonds. The highest BCUT2D eigenvalue weighted by molar-refractivity contribution is 5.85. The first-order valence-electron chi connectivity index (χ1n) is 6.62. The van der Waals surface area contributed by atoms with Crippen LogP contribution in [-0.4, -0.2) is 21.2 Å². The van der Waals surface area contributed by atoms with E-state index in [1.165, 1.54) is 6.08 Å². The summed E-state index contributed by atoms with van der Waals surface area (Å²) in [6.07, 6.45) is 4.32. The third kappa shape index (κ3) is 4.76. The second-order valence-electron chi connectivity index (χ2n) is 4.38. The molecule has 0 unspecified atom stereocenters. The fourth-order valence-electron chi connectivity index (χ4n) is 1.65. The standard InChI is InChI=1S/C15H16N2O4/c1-2-3-14-16-13(17-21-14)10-20-12-7-4-11(5-8-12)6-9-15(18)19/h4-9H,2-3,10H2,1H3,(H,18,19). The van der Waals surface area contributed by atoms with Gasteiger partial charge in [0.25, 0.3) is 0 Å². The monoisotopic (exact) mass is 288 g/mol. The normalized spacial score (nSPS) is 10.9. The molecule has 0 aliphatic carbocycles. The first-order chi connectivity index (χ1) is 10.2. The maximum Gasteiger partial charge on any atom is 0.328 e. The Balaban J connectivity index is 1.89. The fourth-order valence-corrected chi connectivity index (χ4v) is 1.65. The van der Waals surface area contributed by atoms with E-state index in [1.807, 2.05) is 6.92 Å². The molecule has 0 fully saturated rings. The van der Waals surface area contributed by atoms with Crippen molar-refractivity contribution in [3.63, 3.8) is 0 Å². The van der Waals surface area contributed by atoms with Gasteiger partial charge in [0.2, 0.25) is 11.7 Å². The van der Waals surface area contributed by atoms with Gasteiger partial charge < -0.3 is 14.4 Å². The number of aliphatic carboxylic acids is 1. The quantitative estimate of drug-likeness (QED) is 0.788. The highest BCUT2D eigenvalue weighted by Gasteiger charge is 2.05. The van der Waals surface area contributed by atoms with Gasteiger partial charge in [-0.2, -0.15) is 4.98 Å². The number of aromatic nitrogens is 2. The zero-order valence-corrected chi connectivity index (χ0v) is 11.7. The van der Waals surface area contributed by atoms with Gasteiger partial charge in [-0.05, 0) is 30.2 Å². The van der Waals surface area contributed by atoms with Crippen molar-refractivity contribution in [1.82, 2.24) is 10.1 Å². The molecule has 1 heterocycles. The third-order valence-electron chi connectivity index (χ3n) is 2.64. The van der Waals surface area contributed by atoms with E-state index in [2.05, 4.69) is 10.1 Å². The Bertz CT molecular complexity index is 617. The van der Waals surface area contributed by atoms with Gasteiger partial charge in [-0.25, -0.2) is 4.79 Å². The molecule has 0 saturated carbocycles. The molecule has 0 saturated heterocycles. The number of benzene rings is 1. The molecule has 0 radical (unpaired) electrons. The summed E-state index contributed by atoms with van der Waals surface area (Å²) in [6, 6.07) is 7.06. The van der Waals surface area contributed by atoms with Crippen LogP contribution in [0.2, 0.25) is 0 Å². The Morgan fingerprint density at radius 1 is 1.38 bits per heavy atom. The third-order valence-corrected chi connectivity index (χ3v) is 2.64. The van der Waals surface area contributed by atoms with Crippen LogP contribution in [0.5, 0.6) is 5.75 Å². The van der Waals surface area contributed by atoms with Crippen LogP contribution >= 0.6 is 0 Å². The van der Waals surface area contributed by atoms with Crippen molar-refractivity contribution in [3.05, 3.63) is 47.6 Å². The van der Waals surface area contributed by atoms with E-state index in [0.717, 1.165) is 24.5 Å². The molecule has 0 bridgehead atoms. The van der Waals surface area contributed by atoms with Gasteiger partial charge in [-0.3, -0.25) is 0 Å². The molecule has 1 aromatic carbocycles. The lowest BCUT2D eigenvalue weighted by molar-refractivity contribution is -0.131. The number of aryl methyl sites for hydroxylation is 1. The maximum atomic E-state index is 10.4. The highest BCUT2D eigenvalue weighted by atomic mass is 16.5. The highest BCUT2D eigenvalue weighted by Crippen LogP contribution is 2.14. The number of carboxylic acid groups (broad SMARTS) is 1. The van der Waals surface area contributed by atoms with Crippen LogP contribution in [0.15, 0.2) is 34.9 Å². The molecule has 21 heavy (non-hydrogen) atoms. The lowest BCUT2D eigenvalue weighted by atomic mass is 10.2. The number of carboxylic acids is 1. The first kappa shape index (κ1) is 14.8. The van der Waals surface area contributed by atoms with Gasteiger partial charge in [-0.1, -0.05) is 24.2 Å². The van der Waals surface area contributed by atoms with Gasteiger partial charge >= 0.3 is 5.97 Å². The molecule has 1 aromatic heterocycles. The molecule has 1 N–H and O–H groups in total. The first-order valence-corrected chi connectivity index (χ1v) is 6.62. The number of ether oxygens (including phenoxy) is 1. The van der Waals surface area contributed by atoms with Crippen molar-refractivity contribution in [2.45, 2.75) is 26.4 Å². The molecule has 2 rings (SSSR count). The number of hydrogen-bond donors (Lipinski definition) is 1. The summed E-state index contributed by atoms with van der Waals surface area (Å²) >= 11 is 0. The average Bonchev–Trinajstić information content (AvgIpc) is 2.92. The lowest BCUT2D eigenvalue weighted by Crippen LogP contribution is -1.97. The van der Waals surface area contributed by atoms with E-state index in [0.29, 0.717) is 17.5 Å². The molecule has 6 heteroatoms. The summed E-state index contributed by atoms with van der Waals surface area (Å²) in [6.45, 7) is 2.28. The van der Waals surface area contributed by atoms with Crippen molar-refractivity contribution in [1.29, 1.82) is 0 Å². The predicted octanol–water partition coefficient (Wildman–Crippen LogP) is 2.70. The topological polar surface area (TPSA) is 85.5 Å². The summed E-state index contributed by atoms with van der Waals surface area (Å²) in [5.41, 5.74) is 0.787. The lowest BCUT2D eigenvalue weighted by Gasteiger charge is -2.03. The van der Waals surface area contributed by atoms with Crippen molar-refractivity contribution in [2.75, 3.05) is 0 Å². The zero-order chi connectivity index (χ0) is 15.1. The summed E-state index contributed by atoms with van der Waals surface area (Å²) in [4.78, 5) is 14.6. The molecule has 2 aromatic rings. The Hall–Kier alpha value is -2.63. The van der Waals surface area contributed by atoms with Crippen LogP contribution in [0.1, 0.15) is 30.6 Å². The molecule has 6 nitrogen and oxygen atoms in total. The van der Waals surface area contributed by atoms with Crippen LogP contribution in [-0.2, 0) is 17.8 Å². The second-order valence-corrected chi connectivity index (χ2v) is 4.38. The summed E-state index contributed by atoms with van der Waals surface area (Å²) in [5, 5.41) is 12.4. The van der Waals surface area contributed by atoms with Gasteiger partial charge in [-0.15, -0.1) is 0 Å². The molecule has 0 spiro atoms. The number of rotatable bonds is 7. The number of nitrogens with zero attached hydrogens (tertiary/aromatic N) is 2. The maximum absolute atomic E-state index is 10.4. The van der Waals surface area contributed by atoms with E-state index in [9.17, 15) is 4.79 Å². The van der Waals surface area contributed by atoms with Crippen molar-refractivity contribution >= 4 is 12.0 Å². The van der Waals surface area contributed by atoms with Crippen LogP contribution < -0.4 is 4.74 Å². The Kier molecular flexibility index (Phi) is 5.09. The number of carbonyl (C=O) groups is 1. The molecule has 110 valence electrons. The van der Waals surface area contributed by atoms with Gasteiger partial charge in [0.1, 0.15) is 5.75 Å². The smallest absolute Gasteiger partial charge is 0.328 e. The van der Waals surface area contributed by atoms with E-state index < -0.39 is 5.97 Å². The predicted molar refractivity (Wildman–Crippen MR) is 75.7 cm³/mol. The molecular weight excluding hydrogens is 272 g/mol.